The second kappa shape index (κ2) is 10.4. The van der Waals surface area contributed by atoms with E-state index in [4.69, 9.17) is 37.4 Å². The molecule has 0 unspecified atom stereocenters. The Hall–Kier alpha value is -2.72. The van der Waals surface area contributed by atoms with Gasteiger partial charge < -0.3 is 19.1 Å². The van der Waals surface area contributed by atoms with Crippen LogP contribution in [0.3, 0.4) is 0 Å². The number of halogens is 4. The largest absolute Gasteiger partial charge is 0.479 e. The van der Waals surface area contributed by atoms with E-state index < -0.39 is 53.9 Å². The van der Waals surface area contributed by atoms with Crippen LogP contribution in [-0.2, 0) is 20.9 Å². The van der Waals surface area contributed by atoms with Gasteiger partial charge in [-0.3, -0.25) is 9.59 Å². The summed E-state index contributed by atoms with van der Waals surface area (Å²) in [7, 11) is 2.22. The quantitative estimate of drug-likeness (QED) is 0.335. The molecule has 2 rings (SSSR count). The van der Waals surface area contributed by atoms with Crippen molar-refractivity contribution in [3.63, 3.8) is 0 Å². The van der Waals surface area contributed by atoms with Crippen molar-refractivity contribution in [3.05, 3.63) is 39.6 Å². The summed E-state index contributed by atoms with van der Waals surface area (Å²) in [6, 6.07) is 1.30. The van der Waals surface area contributed by atoms with Crippen LogP contribution in [0.4, 0.5) is 14.5 Å². The number of esters is 1. The molecule has 0 N–H and O–H groups in total. The summed E-state index contributed by atoms with van der Waals surface area (Å²) in [5.41, 5.74) is -0.620. The Balaban J connectivity index is 2.61. The highest BCUT2D eigenvalue weighted by atomic mass is 35.5. The molecule has 8 nitrogen and oxygen atoms in total. The summed E-state index contributed by atoms with van der Waals surface area (Å²) in [4.78, 5) is 32.7. The van der Waals surface area contributed by atoms with E-state index in [1.165, 1.54) is 12.3 Å². The van der Waals surface area contributed by atoms with Gasteiger partial charge in [-0.15, -0.1) is 0 Å². The van der Waals surface area contributed by atoms with Crippen LogP contribution in [0.1, 0.15) is 18.9 Å². The summed E-state index contributed by atoms with van der Waals surface area (Å²) in [6.45, 7) is 1.14. The zero-order chi connectivity index (χ0) is 22.4. The number of carbonyl (C=O) groups is 2. The van der Waals surface area contributed by atoms with Crippen molar-refractivity contribution >= 4 is 40.8 Å². The lowest BCUT2D eigenvalue weighted by molar-refractivity contribution is -0.145. The second-order valence-electron chi connectivity index (χ2n) is 5.67. The van der Waals surface area contributed by atoms with Gasteiger partial charge >= 0.3 is 5.97 Å². The molecule has 0 atom stereocenters. The Bertz CT molecular complexity index is 934. The normalized spacial score (nSPS) is 10.5. The van der Waals surface area contributed by atoms with Gasteiger partial charge in [0.1, 0.15) is 17.3 Å². The van der Waals surface area contributed by atoms with Crippen molar-refractivity contribution in [2.45, 2.75) is 19.9 Å². The van der Waals surface area contributed by atoms with Crippen LogP contribution in [0.2, 0.25) is 10.2 Å². The fourth-order valence-electron chi connectivity index (χ4n) is 2.44. The third kappa shape index (κ3) is 5.25. The molecule has 12 heteroatoms. The molecule has 0 spiro atoms. The Labute approximate surface area is 180 Å². The number of pyridine rings is 2. The molecule has 0 aliphatic heterocycles. The van der Waals surface area contributed by atoms with Crippen molar-refractivity contribution in [3.8, 4) is 11.8 Å². The van der Waals surface area contributed by atoms with Crippen LogP contribution >= 0.6 is 23.2 Å². The van der Waals surface area contributed by atoms with E-state index in [-0.39, 0.29) is 22.3 Å². The second-order valence-corrected chi connectivity index (χ2v) is 6.46. The molecule has 0 radical (unpaired) electrons. The molecule has 0 aliphatic carbocycles. The topological polar surface area (TPSA) is 90.9 Å². The molecular formula is C18H17Cl2F2N3O5. The summed E-state index contributed by atoms with van der Waals surface area (Å²) >= 11 is 11.9. The Kier molecular flexibility index (Phi) is 8.13. The first kappa shape index (κ1) is 23.6. The summed E-state index contributed by atoms with van der Waals surface area (Å²) in [6.07, 6.45) is 0.457. The predicted octanol–water partition coefficient (Wildman–Crippen LogP) is 3.57. The first-order chi connectivity index (χ1) is 14.2. The molecule has 0 fully saturated rings. The number of anilines is 1. The van der Waals surface area contributed by atoms with E-state index >= 15 is 0 Å². The summed E-state index contributed by atoms with van der Waals surface area (Å²) in [5.74, 6) is -5.61. The van der Waals surface area contributed by atoms with E-state index in [0.29, 0.717) is 4.90 Å². The molecule has 30 heavy (non-hydrogen) atoms. The Morgan fingerprint density at radius 2 is 1.73 bits per heavy atom. The van der Waals surface area contributed by atoms with Gasteiger partial charge in [-0.1, -0.05) is 23.2 Å². The van der Waals surface area contributed by atoms with Gasteiger partial charge in [-0.25, -0.2) is 4.98 Å². The average molecular weight is 464 g/mol. The van der Waals surface area contributed by atoms with Gasteiger partial charge in [0.2, 0.25) is 17.5 Å². The number of hydrogen-bond acceptors (Lipinski definition) is 7. The van der Waals surface area contributed by atoms with E-state index in [1.807, 2.05) is 0 Å². The minimum absolute atomic E-state index is 0.0265. The maximum absolute atomic E-state index is 15.0. The van der Waals surface area contributed by atoms with E-state index in [0.717, 1.165) is 14.2 Å². The van der Waals surface area contributed by atoms with Gasteiger partial charge in [0.05, 0.1) is 32.4 Å². The zero-order valence-electron chi connectivity index (χ0n) is 16.2. The number of methoxy groups -OCH3 is 2. The van der Waals surface area contributed by atoms with E-state index in [2.05, 4.69) is 9.97 Å². The minimum atomic E-state index is -1.27. The molecule has 0 bridgehead atoms. The third-order valence-electron chi connectivity index (χ3n) is 3.78. The lowest BCUT2D eigenvalue weighted by Crippen LogP contribution is -2.34. The lowest BCUT2D eigenvalue weighted by atomic mass is 10.2. The molecule has 1 amide bonds. The molecule has 0 saturated heterocycles. The molecule has 162 valence electrons. The van der Waals surface area contributed by atoms with Crippen LogP contribution in [-0.4, -0.2) is 42.7 Å². The lowest BCUT2D eigenvalue weighted by Gasteiger charge is -2.25. The SMILES string of the molecule is CCOC(=O)CC(=O)N(Cc1cnc(Cl)cc1Cl)c1c(F)c(OC)nc(OC)c1F. The fraction of sp³-hybridized carbons (Fsp3) is 0.333. The molecule has 0 aromatic carbocycles. The van der Waals surface area contributed by atoms with Gasteiger partial charge in [0, 0.05) is 11.8 Å². The molecule has 2 aromatic rings. The standard InChI is InChI=1S/C18H17Cl2F2N3O5/c1-4-30-13(27)6-12(26)25(8-9-7-23-11(20)5-10(9)19)16-14(21)17(28-2)24-18(29-3)15(16)22/h5,7H,4,6,8H2,1-3H3. The number of ether oxygens (including phenoxy) is 3. The first-order valence-corrected chi connectivity index (χ1v) is 9.21. The summed E-state index contributed by atoms with van der Waals surface area (Å²) < 4.78 is 44.3. The number of carbonyl (C=O) groups excluding carboxylic acids is 2. The number of aromatic nitrogens is 2. The third-order valence-corrected chi connectivity index (χ3v) is 4.34. The molecular weight excluding hydrogens is 447 g/mol. The first-order valence-electron chi connectivity index (χ1n) is 8.46. The van der Waals surface area contributed by atoms with Crippen molar-refractivity contribution < 1.29 is 32.6 Å². The Morgan fingerprint density at radius 3 is 2.23 bits per heavy atom. The van der Waals surface area contributed by atoms with Gasteiger partial charge in [0.25, 0.3) is 11.8 Å². The monoisotopic (exact) mass is 463 g/mol. The highest BCUT2D eigenvalue weighted by Gasteiger charge is 2.31. The molecule has 2 heterocycles. The smallest absolute Gasteiger partial charge is 0.315 e. The minimum Gasteiger partial charge on any atom is -0.479 e. The number of rotatable bonds is 8. The van der Waals surface area contributed by atoms with Crippen molar-refractivity contribution in [1.82, 2.24) is 9.97 Å². The van der Waals surface area contributed by atoms with Crippen LogP contribution in [0.5, 0.6) is 11.8 Å². The number of amides is 1. The number of hydrogen-bond donors (Lipinski definition) is 0. The van der Waals surface area contributed by atoms with Crippen LogP contribution in [0.25, 0.3) is 0 Å². The molecule has 2 aromatic heterocycles. The molecule has 0 saturated carbocycles. The number of nitrogens with zero attached hydrogens (tertiary/aromatic N) is 3. The zero-order valence-corrected chi connectivity index (χ0v) is 17.7. The highest BCUT2D eigenvalue weighted by Crippen LogP contribution is 2.36. The maximum atomic E-state index is 15.0. The summed E-state index contributed by atoms with van der Waals surface area (Å²) in [5, 5.41) is 0.176. The highest BCUT2D eigenvalue weighted by molar-refractivity contribution is 6.34. The predicted molar refractivity (Wildman–Crippen MR) is 104 cm³/mol. The van der Waals surface area contributed by atoms with Gasteiger partial charge in [0.15, 0.2) is 0 Å². The van der Waals surface area contributed by atoms with Crippen molar-refractivity contribution in [1.29, 1.82) is 0 Å². The molecule has 0 aliphatic rings. The van der Waals surface area contributed by atoms with Crippen LogP contribution in [0.15, 0.2) is 12.3 Å². The van der Waals surface area contributed by atoms with Crippen molar-refractivity contribution in [2.75, 3.05) is 25.7 Å². The average Bonchev–Trinajstić information content (AvgIpc) is 2.69. The van der Waals surface area contributed by atoms with Gasteiger partial charge in [-0.05, 0) is 13.0 Å². The van der Waals surface area contributed by atoms with Crippen molar-refractivity contribution in [2.24, 2.45) is 0 Å². The Morgan fingerprint density at radius 1 is 1.13 bits per heavy atom. The van der Waals surface area contributed by atoms with E-state index in [1.54, 1.807) is 6.92 Å². The van der Waals surface area contributed by atoms with E-state index in [9.17, 15) is 18.4 Å². The fourth-order valence-corrected chi connectivity index (χ4v) is 2.87. The maximum Gasteiger partial charge on any atom is 0.315 e. The van der Waals surface area contributed by atoms with Crippen LogP contribution in [0, 0.1) is 11.6 Å². The van der Waals surface area contributed by atoms with Gasteiger partial charge in [-0.2, -0.15) is 13.8 Å². The van der Waals surface area contributed by atoms with Crippen LogP contribution < -0.4 is 14.4 Å².